The Bertz CT molecular complexity index is 386. The summed E-state index contributed by atoms with van der Waals surface area (Å²) >= 11 is 5.91. The van der Waals surface area contributed by atoms with E-state index in [-0.39, 0.29) is 0 Å². The lowest BCUT2D eigenvalue weighted by Crippen LogP contribution is -2.37. The second-order valence-electron chi connectivity index (χ2n) is 6.27. The number of rotatable bonds is 2. The van der Waals surface area contributed by atoms with Gasteiger partial charge in [0.2, 0.25) is 0 Å². The molecule has 2 rings (SSSR count). The third kappa shape index (κ3) is 2.89. The van der Waals surface area contributed by atoms with Crippen LogP contribution >= 0.6 is 11.6 Å². The molecule has 1 aliphatic rings. The van der Waals surface area contributed by atoms with Gasteiger partial charge < -0.3 is 5.11 Å². The van der Waals surface area contributed by atoms with Gasteiger partial charge in [0.05, 0.1) is 5.60 Å². The molecule has 1 saturated carbocycles. The first kappa shape index (κ1) is 13.9. The molecule has 18 heavy (non-hydrogen) atoms. The van der Waals surface area contributed by atoms with Crippen molar-refractivity contribution in [3.05, 3.63) is 34.9 Å². The number of benzene rings is 1. The maximum Gasteiger partial charge on any atom is 0.0896 e. The van der Waals surface area contributed by atoms with Crippen molar-refractivity contribution in [1.82, 2.24) is 0 Å². The Kier molecular flexibility index (Phi) is 4.03. The standard InChI is InChI=1S/C16H23ClO/c1-11-8-12(2)10-14(9-11)16(3,18)13-4-6-15(17)7-5-13/h4-7,11-12,14,18H,8-10H2,1-3H3. The molecule has 1 N–H and O–H groups in total. The van der Waals surface area contributed by atoms with Gasteiger partial charge in [0.15, 0.2) is 0 Å². The molecule has 100 valence electrons. The zero-order valence-electron chi connectivity index (χ0n) is 11.5. The molecule has 0 aromatic heterocycles. The van der Waals surface area contributed by atoms with Crippen molar-refractivity contribution >= 4 is 11.6 Å². The Labute approximate surface area is 115 Å². The van der Waals surface area contributed by atoms with Crippen LogP contribution in [0, 0.1) is 17.8 Å². The van der Waals surface area contributed by atoms with Gasteiger partial charge in [0, 0.05) is 5.02 Å². The van der Waals surface area contributed by atoms with Gasteiger partial charge in [-0.3, -0.25) is 0 Å². The molecule has 3 atom stereocenters. The lowest BCUT2D eigenvalue weighted by Gasteiger charge is -2.40. The predicted molar refractivity (Wildman–Crippen MR) is 76.7 cm³/mol. The minimum absolute atomic E-state index is 0.345. The highest BCUT2D eigenvalue weighted by Crippen LogP contribution is 2.43. The lowest BCUT2D eigenvalue weighted by atomic mass is 9.68. The van der Waals surface area contributed by atoms with E-state index < -0.39 is 5.60 Å². The summed E-state index contributed by atoms with van der Waals surface area (Å²) in [5.74, 6) is 1.76. The van der Waals surface area contributed by atoms with Crippen molar-refractivity contribution < 1.29 is 5.11 Å². The van der Waals surface area contributed by atoms with Crippen LogP contribution in [-0.4, -0.2) is 5.11 Å². The third-order valence-corrected chi connectivity index (χ3v) is 4.65. The van der Waals surface area contributed by atoms with Crippen molar-refractivity contribution in [2.75, 3.05) is 0 Å². The average molecular weight is 267 g/mol. The molecule has 0 spiro atoms. The molecule has 3 unspecified atom stereocenters. The SMILES string of the molecule is CC1CC(C)CC(C(C)(O)c2ccc(Cl)cc2)C1. The Balaban J connectivity index is 2.21. The van der Waals surface area contributed by atoms with E-state index in [4.69, 9.17) is 11.6 Å². The number of hydrogen-bond donors (Lipinski definition) is 1. The second kappa shape index (κ2) is 5.22. The molecule has 0 bridgehead atoms. The lowest BCUT2D eigenvalue weighted by molar-refractivity contribution is -0.0386. The van der Waals surface area contributed by atoms with Gasteiger partial charge >= 0.3 is 0 Å². The molecule has 1 aromatic rings. The van der Waals surface area contributed by atoms with E-state index in [2.05, 4.69) is 13.8 Å². The maximum absolute atomic E-state index is 10.9. The molecule has 0 amide bonds. The smallest absolute Gasteiger partial charge is 0.0896 e. The van der Waals surface area contributed by atoms with E-state index >= 15 is 0 Å². The molecule has 1 aromatic carbocycles. The summed E-state index contributed by atoms with van der Waals surface area (Å²) in [5, 5.41) is 11.6. The van der Waals surface area contributed by atoms with Gasteiger partial charge in [-0.1, -0.05) is 37.6 Å². The van der Waals surface area contributed by atoms with Gasteiger partial charge in [0.25, 0.3) is 0 Å². The molecule has 0 radical (unpaired) electrons. The van der Waals surface area contributed by atoms with Crippen LogP contribution in [-0.2, 0) is 5.60 Å². The Morgan fingerprint density at radius 3 is 2.06 bits per heavy atom. The molecule has 1 aliphatic carbocycles. The summed E-state index contributed by atoms with van der Waals surface area (Å²) in [5.41, 5.74) is 0.242. The molecular weight excluding hydrogens is 244 g/mol. The summed E-state index contributed by atoms with van der Waals surface area (Å²) in [6.45, 7) is 6.53. The zero-order chi connectivity index (χ0) is 13.3. The fraction of sp³-hybridized carbons (Fsp3) is 0.625. The third-order valence-electron chi connectivity index (χ3n) is 4.40. The van der Waals surface area contributed by atoms with Crippen LogP contribution in [0.25, 0.3) is 0 Å². The highest BCUT2D eigenvalue weighted by atomic mass is 35.5. The number of aliphatic hydroxyl groups is 1. The second-order valence-corrected chi connectivity index (χ2v) is 6.71. The van der Waals surface area contributed by atoms with Gasteiger partial charge in [-0.05, 0) is 61.6 Å². The molecular formula is C16H23ClO. The van der Waals surface area contributed by atoms with E-state index in [1.165, 1.54) is 6.42 Å². The van der Waals surface area contributed by atoms with Crippen LogP contribution in [0.4, 0.5) is 0 Å². The summed E-state index contributed by atoms with van der Waals surface area (Å²) < 4.78 is 0. The van der Waals surface area contributed by atoms with E-state index in [0.717, 1.165) is 23.4 Å². The van der Waals surface area contributed by atoms with Crippen LogP contribution < -0.4 is 0 Å². The van der Waals surface area contributed by atoms with Crippen LogP contribution in [0.15, 0.2) is 24.3 Å². The highest BCUT2D eigenvalue weighted by Gasteiger charge is 2.38. The van der Waals surface area contributed by atoms with E-state index in [1.807, 2.05) is 31.2 Å². The molecule has 2 heteroatoms. The van der Waals surface area contributed by atoms with E-state index in [9.17, 15) is 5.11 Å². The van der Waals surface area contributed by atoms with Gasteiger partial charge in [-0.25, -0.2) is 0 Å². The van der Waals surface area contributed by atoms with Crippen LogP contribution in [0.2, 0.25) is 5.02 Å². The first-order chi connectivity index (χ1) is 8.39. The van der Waals surface area contributed by atoms with Crippen molar-refractivity contribution in [3.8, 4) is 0 Å². The predicted octanol–water partition coefficient (Wildman–Crippen LogP) is 4.62. The van der Waals surface area contributed by atoms with Gasteiger partial charge in [-0.15, -0.1) is 0 Å². The average Bonchev–Trinajstić information content (AvgIpc) is 2.28. The van der Waals surface area contributed by atoms with Crippen LogP contribution in [0.3, 0.4) is 0 Å². The molecule has 0 heterocycles. The Morgan fingerprint density at radius 1 is 1.06 bits per heavy atom. The summed E-state index contributed by atoms with van der Waals surface area (Å²) in [6.07, 6.45) is 3.51. The van der Waals surface area contributed by atoms with Crippen LogP contribution in [0.1, 0.15) is 45.6 Å². The Morgan fingerprint density at radius 2 is 1.56 bits per heavy atom. The normalized spacial score (nSPS) is 31.9. The van der Waals surface area contributed by atoms with E-state index in [1.54, 1.807) is 0 Å². The highest BCUT2D eigenvalue weighted by molar-refractivity contribution is 6.30. The van der Waals surface area contributed by atoms with Gasteiger partial charge in [0.1, 0.15) is 0 Å². The van der Waals surface area contributed by atoms with Crippen LogP contribution in [0.5, 0.6) is 0 Å². The molecule has 0 saturated heterocycles. The molecule has 1 nitrogen and oxygen atoms in total. The van der Waals surface area contributed by atoms with Crippen molar-refractivity contribution in [2.45, 2.75) is 45.6 Å². The molecule has 0 aliphatic heterocycles. The van der Waals surface area contributed by atoms with Crippen molar-refractivity contribution in [1.29, 1.82) is 0 Å². The summed E-state index contributed by atoms with van der Waals surface area (Å²) in [7, 11) is 0. The quantitative estimate of drug-likeness (QED) is 0.828. The minimum atomic E-state index is -0.743. The number of hydrogen-bond acceptors (Lipinski definition) is 1. The van der Waals surface area contributed by atoms with E-state index in [0.29, 0.717) is 17.8 Å². The number of halogens is 1. The minimum Gasteiger partial charge on any atom is -0.385 e. The summed E-state index contributed by atoms with van der Waals surface area (Å²) in [4.78, 5) is 0. The summed E-state index contributed by atoms with van der Waals surface area (Å²) in [6, 6.07) is 7.63. The fourth-order valence-corrected chi connectivity index (χ4v) is 3.55. The zero-order valence-corrected chi connectivity index (χ0v) is 12.2. The maximum atomic E-state index is 10.9. The van der Waals surface area contributed by atoms with Crippen molar-refractivity contribution in [3.63, 3.8) is 0 Å². The van der Waals surface area contributed by atoms with Crippen molar-refractivity contribution in [2.24, 2.45) is 17.8 Å². The fourth-order valence-electron chi connectivity index (χ4n) is 3.43. The Hall–Kier alpha value is -0.530. The monoisotopic (exact) mass is 266 g/mol. The largest absolute Gasteiger partial charge is 0.385 e. The topological polar surface area (TPSA) is 20.2 Å². The first-order valence-corrected chi connectivity index (χ1v) is 7.25. The van der Waals surface area contributed by atoms with Gasteiger partial charge in [-0.2, -0.15) is 0 Å². The first-order valence-electron chi connectivity index (χ1n) is 6.88. The molecule has 1 fully saturated rings.